The summed E-state index contributed by atoms with van der Waals surface area (Å²) in [6.45, 7) is 3.42. The first-order valence-electron chi connectivity index (χ1n) is 12.3. The average molecular weight is 549 g/mol. The summed E-state index contributed by atoms with van der Waals surface area (Å²) in [5, 5.41) is 18.6. The van der Waals surface area contributed by atoms with Gasteiger partial charge in [-0.1, -0.05) is 21.3 Å². The van der Waals surface area contributed by atoms with Gasteiger partial charge in [-0.2, -0.15) is 0 Å². The monoisotopic (exact) mass is 548 g/mol. The largest absolute Gasteiger partial charge is 0.397 e. The Labute approximate surface area is 223 Å². The third-order valence-electron chi connectivity index (χ3n) is 7.08. The quantitative estimate of drug-likeness (QED) is 0.297. The van der Waals surface area contributed by atoms with Gasteiger partial charge < -0.3 is 31.2 Å². The fraction of sp³-hybridized carbons (Fsp3) is 0.520. The van der Waals surface area contributed by atoms with Crippen molar-refractivity contribution in [1.29, 1.82) is 0 Å². The van der Waals surface area contributed by atoms with Gasteiger partial charge in [-0.25, -0.2) is 28.7 Å². The number of aliphatic hydroxyl groups excluding tert-OH is 2. The van der Waals surface area contributed by atoms with Crippen molar-refractivity contribution in [2.75, 3.05) is 18.1 Å². The second-order valence-electron chi connectivity index (χ2n) is 9.41. The number of aromatic nitrogens is 6. The highest BCUT2D eigenvalue weighted by Crippen LogP contribution is 2.39. The minimum atomic E-state index is -1.67. The molecule has 6 rings (SSSR count). The molecule has 0 spiro atoms. The van der Waals surface area contributed by atoms with Crippen LogP contribution in [0.25, 0.3) is 22.3 Å². The molecule has 0 saturated carbocycles. The fourth-order valence-corrected chi connectivity index (χ4v) is 4.89. The first-order valence-corrected chi connectivity index (χ1v) is 12.3. The molecule has 8 atom stereocenters. The van der Waals surface area contributed by atoms with Crippen LogP contribution in [0.5, 0.6) is 0 Å². The first kappa shape index (κ1) is 28.5. The van der Waals surface area contributed by atoms with Crippen LogP contribution in [0.1, 0.15) is 40.2 Å². The summed E-state index contributed by atoms with van der Waals surface area (Å²) < 4.78 is 42.5. The highest BCUT2D eigenvalue weighted by molar-refractivity contribution is 5.84. The Hall–Kier alpha value is -3.46. The van der Waals surface area contributed by atoms with Gasteiger partial charge in [-0.3, -0.25) is 9.13 Å². The molecule has 4 aromatic heterocycles. The second-order valence-corrected chi connectivity index (χ2v) is 9.41. The smallest absolute Gasteiger partial charge is 0.173 e. The lowest BCUT2D eigenvalue weighted by molar-refractivity contribution is -0.0459. The maximum absolute atomic E-state index is 14.4. The van der Waals surface area contributed by atoms with E-state index in [-0.39, 0.29) is 19.4 Å². The van der Waals surface area contributed by atoms with Crippen molar-refractivity contribution in [3.05, 3.63) is 37.2 Å². The second kappa shape index (κ2) is 11.3. The number of alkyl halides is 2. The number of fused-ring (bicyclic) bond motifs is 2. The van der Waals surface area contributed by atoms with Gasteiger partial charge >= 0.3 is 0 Å². The van der Waals surface area contributed by atoms with Crippen molar-refractivity contribution < 1.29 is 28.5 Å². The van der Waals surface area contributed by atoms with E-state index in [4.69, 9.17) is 26.0 Å². The maximum atomic E-state index is 14.4. The lowest BCUT2D eigenvalue weighted by atomic mass is 10.00. The minimum absolute atomic E-state index is 0. The van der Waals surface area contributed by atoms with Gasteiger partial charge in [0.15, 0.2) is 36.1 Å². The molecule has 2 aliphatic rings. The highest BCUT2D eigenvalue weighted by atomic mass is 19.1. The van der Waals surface area contributed by atoms with E-state index in [0.717, 1.165) is 6.42 Å². The Kier molecular flexibility index (Phi) is 8.30. The van der Waals surface area contributed by atoms with E-state index in [9.17, 15) is 13.9 Å². The molecule has 2 aliphatic heterocycles. The highest BCUT2D eigenvalue weighted by Gasteiger charge is 2.45. The Bertz CT molecular complexity index is 1310. The number of anilines is 2. The predicted octanol–water partition coefficient (Wildman–Crippen LogP) is 2.53. The SMILES string of the molecule is C.CC[C@H]1O[C@@H](n2cnc3c(N)ccnc32)[C@@H](F)[C@@H]1C.Nc1ccnc2c1ncn2[C@@H]1O[C@H](CO)[C@@H](O)[C@@H]1F. The molecule has 2 fully saturated rings. The number of nitrogens with two attached hydrogens (primary N) is 2. The first-order chi connectivity index (χ1) is 18.3. The molecule has 4 aromatic rings. The number of aliphatic hydroxyl groups is 2. The van der Waals surface area contributed by atoms with Crippen LogP contribution < -0.4 is 11.5 Å². The van der Waals surface area contributed by atoms with Crippen LogP contribution in [0.3, 0.4) is 0 Å². The zero-order valence-corrected chi connectivity index (χ0v) is 20.8. The number of hydrogen-bond donors (Lipinski definition) is 4. The van der Waals surface area contributed by atoms with E-state index in [0.29, 0.717) is 33.7 Å². The van der Waals surface area contributed by atoms with Crippen molar-refractivity contribution in [1.82, 2.24) is 29.1 Å². The predicted molar refractivity (Wildman–Crippen MR) is 141 cm³/mol. The van der Waals surface area contributed by atoms with E-state index in [2.05, 4.69) is 19.9 Å². The molecule has 6 N–H and O–H groups in total. The Morgan fingerprint density at radius 2 is 1.36 bits per heavy atom. The lowest BCUT2D eigenvalue weighted by Gasteiger charge is -2.15. The zero-order chi connectivity index (χ0) is 27.1. The minimum Gasteiger partial charge on any atom is -0.397 e. The Balaban J connectivity index is 0.000000176. The van der Waals surface area contributed by atoms with Crippen LogP contribution >= 0.6 is 0 Å². The van der Waals surface area contributed by atoms with E-state index in [1.165, 1.54) is 17.1 Å². The summed E-state index contributed by atoms with van der Waals surface area (Å²) in [6.07, 6.45) is -0.107. The number of nitrogen functional groups attached to an aromatic ring is 2. The maximum Gasteiger partial charge on any atom is 0.173 e. The van der Waals surface area contributed by atoms with E-state index < -0.39 is 43.6 Å². The third kappa shape index (κ3) is 4.88. The van der Waals surface area contributed by atoms with Gasteiger partial charge in [0.1, 0.15) is 23.2 Å². The Morgan fingerprint density at radius 3 is 1.79 bits per heavy atom. The average Bonchev–Trinajstić information content (AvgIpc) is 3.67. The number of imidazole rings is 2. The fourth-order valence-electron chi connectivity index (χ4n) is 4.89. The Morgan fingerprint density at radius 1 is 0.872 bits per heavy atom. The summed E-state index contributed by atoms with van der Waals surface area (Å²) in [5.41, 5.74) is 14.5. The molecule has 6 heterocycles. The molecular weight excluding hydrogens is 514 g/mol. The molecule has 0 aliphatic carbocycles. The van der Waals surface area contributed by atoms with Crippen molar-refractivity contribution in [3.63, 3.8) is 0 Å². The molecule has 2 saturated heterocycles. The topological polar surface area (TPSA) is 172 Å². The third-order valence-corrected chi connectivity index (χ3v) is 7.08. The molecule has 212 valence electrons. The van der Waals surface area contributed by atoms with Gasteiger partial charge in [0.05, 0.1) is 36.7 Å². The summed E-state index contributed by atoms with van der Waals surface area (Å²) in [5.74, 6) is -0.131. The number of pyridine rings is 2. The molecule has 0 radical (unpaired) electrons. The van der Waals surface area contributed by atoms with Gasteiger partial charge in [-0.15, -0.1) is 0 Å². The van der Waals surface area contributed by atoms with Crippen molar-refractivity contribution in [2.45, 2.75) is 70.8 Å². The summed E-state index contributed by atoms with van der Waals surface area (Å²) in [7, 11) is 0. The van der Waals surface area contributed by atoms with Crippen molar-refractivity contribution >= 4 is 33.7 Å². The lowest BCUT2D eigenvalue weighted by Crippen LogP contribution is -2.30. The summed E-state index contributed by atoms with van der Waals surface area (Å²) in [4.78, 5) is 16.6. The number of nitrogens with zero attached hydrogens (tertiary/aromatic N) is 6. The van der Waals surface area contributed by atoms with Crippen LogP contribution in [0.15, 0.2) is 37.2 Å². The van der Waals surface area contributed by atoms with Gasteiger partial charge in [0.25, 0.3) is 0 Å². The number of ether oxygens (including phenoxy) is 2. The summed E-state index contributed by atoms with van der Waals surface area (Å²) >= 11 is 0. The van der Waals surface area contributed by atoms with Crippen molar-refractivity contribution in [3.8, 4) is 0 Å². The molecule has 14 heteroatoms. The molecule has 12 nitrogen and oxygen atoms in total. The molecule has 39 heavy (non-hydrogen) atoms. The van der Waals surface area contributed by atoms with E-state index in [1.807, 2.05) is 13.8 Å². The van der Waals surface area contributed by atoms with Crippen molar-refractivity contribution in [2.24, 2.45) is 5.92 Å². The van der Waals surface area contributed by atoms with E-state index in [1.54, 1.807) is 29.2 Å². The number of hydrogen-bond acceptors (Lipinski definition) is 10. The molecule has 0 bridgehead atoms. The molecule has 0 aromatic carbocycles. The summed E-state index contributed by atoms with van der Waals surface area (Å²) in [6, 6.07) is 3.27. The zero-order valence-electron chi connectivity index (χ0n) is 20.8. The number of halogens is 2. The van der Waals surface area contributed by atoms with Crippen LogP contribution in [-0.4, -0.2) is 76.5 Å². The number of rotatable bonds is 4. The standard InChI is InChI=1S/C13H17FN4O.C11H13FN4O3.CH4/c1-3-9-7(2)10(14)13(19-9)18-6-17-11-8(15)4-5-16-12(11)18;12-7-9(18)6(3-17)19-11(7)16-4-15-8-5(13)1-2-14-10(8)16;/h4-7,9-10,13H,3H2,1-2H3,(H2,15,16);1-2,4,6-7,9,11,17-18H,3H2,(H2,13,14);1H4/t7-,9-,10+,13-;6-,7+,9-,11-;/m11./s1. The molecule has 0 unspecified atom stereocenters. The van der Waals surface area contributed by atoms with Crippen LogP contribution in [-0.2, 0) is 9.47 Å². The van der Waals surface area contributed by atoms with E-state index >= 15 is 0 Å². The molecular formula is C25H34F2N8O4. The van der Waals surface area contributed by atoms with Gasteiger partial charge in [-0.05, 0) is 18.6 Å². The van der Waals surface area contributed by atoms with Crippen LogP contribution in [0.4, 0.5) is 20.2 Å². The van der Waals surface area contributed by atoms with Gasteiger partial charge in [0.2, 0.25) is 0 Å². The molecule has 0 amide bonds. The van der Waals surface area contributed by atoms with Crippen LogP contribution in [0.2, 0.25) is 0 Å². The van der Waals surface area contributed by atoms with Gasteiger partial charge in [0, 0.05) is 18.3 Å². The van der Waals surface area contributed by atoms with Crippen LogP contribution in [0, 0.1) is 5.92 Å². The normalized spacial score (nSPS) is 30.3.